The summed E-state index contributed by atoms with van der Waals surface area (Å²) in [4.78, 5) is 44.8. The fraction of sp³-hybridized carbons (Fsp3) is 0.320. The van der Waals surface area contributed by atoms with Gasteiger partial charge in [0, 0.05) is 20.1 Å². The minimum atomic E-state index is -4.19. The second-order valence-corrected chi connectivity index (χ2v) is 10.0. The number of aromatic amines is 1. The van der Waals surface area contributed by atoms with E-state index in [0.29, 0.717) is 17.9 Å². The van der Waals surface area contributed by atoms with Crippen molar-refractivity contribution in [3.63, 3.8) is 0 Å². The molecule has 0 saturated carbocycles. The standard InChI is InChI=1S/C25H29N4O7P/c1-34-25(31)28-20(15-17-10-12-19(13-11-17)36-37(32,33)35-2)24(30)29-14-6-9-22(29)23-26-16-21(27-23)18-7-4-3-5-8-18/h3-5,7-8,10-13,16,20,22H,6,9,14-15H2,1-2H3,(H,26,27)(H,28,31)(H,32,33)/t20-,22-/m0/s1. The summed E-state index contributed by atoms with van der Waals surface area (Å²) >= 11 is 0. The van der Waals surface area contributed by atoms with Crippen LogP contribution in [-0.4, -0.2) is 58.6 Å². The smallest absolute Gasteiger partial charge is 0.453 e. The average Bonchev–Trinajstić information content (AvgIpc) is 3.59. The van der Waals surface area contributed by atoms with Gasteiger partial charge in [0.1, 0.15) is 17.6 Å². The Morgan fingerprint density at radius 1 is 1.19 bits per heavy atom. The number of amides is 2. The van der Waals surface area contributed by atoms with Gasteiger partial charge >= 0.3 is 13.9 Å². The quantitative estimate of drug-likeness (QED) is 0.356. The SMILES string of the molecule is COC(=O)N[C@@H](Cc1ccc(OP(=O)(O)OC)cc1)C(=O)N1CCC[C@H]1c1ncc(-c2ccccc2)[nH]1. The van der Waals surface area contributed by atoms with Crippen LogP contribution >= 0.6 is 7.82 Å². The summed E-state index contributed by atoms with van der Waals surface area (Å²) in [5, 5.41) is 2.64. The molecule has 11 nitrogen and oxygen atoms in total. The number of methoxy groups -OCH3 is 1. The lowest BCUT2D eigenvalue weighted by atomic mass is 10.0. The molecule has 196 valence electrons. The fourth-order valence-electron chi connectivity index (χ4n) is 4.28. The van der Waals surface area contributed by atoms with Crippen molar-refractivity contribution in [3.8, 4) is 17.0 Å². The number of nitrogens with one attached hydrogen (secondary N) is 2. The summed E-state index contributed by atoms with van der Waals surface area (Å²) in [6.45, 7) is 0.528. The number of carbonyl (C=O) groups excluding carboxylic acids is 2. The molecular formula is C25H29N4O7P. The lowest BCUT2D eigenvalue weighted by molar-refractivity contribution is -0.134. The molecular weight excluding hydrogens is 499 g/mol. The normalized spacial score (nSPS) is 17.6. The van der Waals surface area contributed by atoms with E-state index in [1.807, 2.05) is 30.3 Å². The monoisotopic (exact) mass is 528 g/mol. The molecule has 2 amide bonds. The predicted octanol–water partition coefficient (Wildman–Crippen LogP) is 3.83. The minimum Gasteiger partial charge on any atom is -0.453 e. The Kier molecular flexibility index (Phi) is 8.27. The number of phosphoric ester groups is 1. The molecule has 0 radical (unpaired) electrons. The first-order valence-corrected chi connectivity index (χ1v) is 13.2. The van der Waals surface area contributed by atoms with Gasteiger partial charge in [-0.2, -0.15) is 0 Å². The van der Waals surface area contributed by atoms with E-state index in [-0.39, 0.29) is 24.1 Å². The number of nitrogens with zero attached hydrogens (tertiary/aromatic N) is 2. The van der Waals surface area contributed by atoms with Crippen molar-refractivity contribution in [1.82, 2.24) is 20.2 Å². The molecule has 3 aromatic rings. The van der Waals surface area contributed by atoms with E-state index in [1.54, 1.807) is 23.2 Å². The van der Waals surface area contributed by atoms with Crippen molar-refractivity contribution >= 4 is 19.8 Å². The lowest BCUT2D eigenvalue weighted by Gasteiger charge is -2.28. The Bertz CT molecular complexity index is 1270. The van der Waals surface area contributed by atoms with Gasteiger partial charge in [-0.1, -0.05) is 42.5 Å². The maximum atomic E-state index is 13.7. The van der Waals surface area contributed by atoms with Gasteiger partial charge in [-0.15, -0.1) is 0 Å². The molecule has 1 fully saturated rings. The van der Waals surface area contributed by atoms with E-state index in [2.05, 4.69) is 19.8 Å². The van der Waals surface area contributed by atoms with Crippen LogP contribution in [0.5, 0.6) is 5.75 Å². The fourth-order valence-corrected chi connectivity index (χ4v) is 4.74. The Balaban J connectivity index is 1.51. The molecule has 2 aromatic carbocycles. The maximum absolute atomic E-state index is 13.7. The first kappa shape index (κ1) is 26.4. The highest BCUT2D eigenvalue weighted by atomic mass is 31.2. The number of alkyl carbamates (subject to hydrolysis) is 1. The highest BCUT2D eigenvalue weighted by Gasteiger charge is 2.36. The average molecular weight is 529 g/mol. The Morgan fingerprint density at radius 2 is 1.92 bits per heavy atom. The zero-order valence-electron chi connectivity index (χ0n) is 20.5. The van der Waals surface area contributed by atoms with Crippen LogP contribution in [0.1, 0.15) is 30.3 Å². The van der Waals surface area contributed by atoms with E-state index in [4.69, 9.17) is 9.26 Å². The summed E-state index contributed by atoms with van der Waals surface area (Å²) in [7, 11) is -1.88. The number of phosphoric acid groups is 1. The van der Waals surface area contributed by atoms with Crippen molar-refractivity contribution < 1.29 is 32.8 Å². The van der Waals surface area contributed by atoms with E-state index < -0.39 is 20.0 Å². The molecule has 1 aliphatic heterocycles. The molecule has 1 aliphatic rings. The minimum absolute atomic E-state index is 0.131. The van der Waals surface area contributed by atoms with E-state index >= 15 is 0 Å². The first-order chi connectivity index (χ1) is 17.8. The predicted molar refractivity (Wildman–Crippen MR) is 135 cm³/mol. The van der Waals surface area contributed by atoms with Crippen molar-refractivity contribution in [3.05, 3.63) is 72.2 Å². The molecule has 2 heterocycles. The van der Waals surface area contributed by atoms with Gasteiger partial charge in [0.25, 0.3) is 0 Å². The van der Waals surface area contributed by atoms with Gasteiger partial charge in [0.2, 0.25) is 5.91 Å². The highest BCUT2D eigenvalue weighted by Crippen LogP contribution is 2.42. The van der Waals surface area contributed by atoms with Crippen LogP contribution in [0, 0.1) is 0 Å². The number of likely N-dealkylation sites (tertiary alicyclic amines) is 1. The van der Waals surface area contributed by atoms with Crippen molar-refractivity contribution in [1.29, 1.82) is 0 Å². The molecule has 12 heteroatoms. The van der Waals surface area contributed by atoms with Gasteiger partial charge in [-0.05, 0) is 36.1 Å². The number of rotatable bonds is 9. The number of carbonyl (C=O) groups is 2. The first-order valence-electron chi connectivity index (χ1n) is 11.7. The summed E-state index contributed by atoms with van der Waals surface area (Å²) in [6, 6.07) is 14.9. The molecule has 1 saturated heterocycles. The molecule has 3 N–H and O–H groups in total. The number of hydrogen-bond donors (Lipinski definition) is 3. The van der Waals surface area contributed by atoms with Crippen LogP contribution < -0.4 is 9.84 Å². The zero-order valence-corrected chi connectivity index (χ0v) is 21.4. The highest BCUT2D eigenvalue weighted by molar-refractivity contribution is 7.47. The Hall–Kier alpha value is -3.66. The zero-order chi connectivity index (χ0) is 26.4. The van der Waals surface area contributed by atoms with Crippen LogP contribution in [0.15, 0.2) is 60.8 Å². The summed E-state index contributed by atoms with van der Waals surface area (Å²) < 4.78 is 25.7. The summed E-state index contributed by atoms with van der Waals surface area (Å²) in [6.07, 6.45) is 2.75. The van der Waals surface area contributed by atoms with E-state index in [0.717, 1.165) is 31.2 Å². The number of benzene rings is 2. The second-order valence-electron chi connectivity index (χ2n) is 8.52. The van der Waals surface area contributed by atoms with Crippen molar-refractivity contribution in [2.24, 2.45) is 0 Å². The van der Waals surface area contributed by atoms with Crippen LogP contribution in [0.3, 0.4) is 0 Å². The molecule has 0 aliphatic carbocycles. The summed E-state index contributed by atoms with van der Waals surface area (Å²) in [5.41, 5.74) is 2.56. The van der Waals surface area contributed by atoms with Crippen LogP contribution in [0.25, 0.3) is 11.3 Å². The van der Waals surface area contributed by atoms with Crippen LogP contribution in [-0.2, 0) is 25.0 Å². The number of H-pyrrole nitrogens is 1. The molecule has 3 atom stereocenters. The third kappa shape index (κ3) is 6.56. The molecule has 0 spiro atoms. The molecule has 0 bridgehead atoms. The van der Waals surface area contributed by atoms with Gasteiger partial charge in [-0.25, -0.2) is 14.3 Å². The van der Waals surface area contributed by atoms with Gasteiger partial charge in [0.05, 0.1) is 25.0 Å². The van der Waals surface area contributed by atoms with Crippen LogP contribution in [0.2, 0.25) is 0 Å². The third-order valence-corrected chi connectivity index (χ3v) is 7.03. The Morgan fingerprint density at radius 3 is 2.59 bits per heavy atom. The second kappa shape index (κ2) is 11.6. The topological polar surface area (TPSA) is 143 Å². The van der Waals surface area contributed by atoms with Crippen LogP contribution in [0.4, 0.5) is 4.79 Å². The molecule has 37 heavy (non-hydrogen) atoms. The number of ether oxygens (including phenoxy) is 1. The van der Waals surface area contributed by atoms with E-state index in [9.17, 15) is 19.0 Å². The van der Waals surface area contributed by atoms with E-state index in [1.165, 1.54) is 19.2 Å². The Labute approximate surface area is 214 Å². The molecule has 4 rings (SSSR count). The number of aromatic nitrogens is 2. The van der Waals surface area contributed by atoms with Gasteiger partial charge < -0.3 is 24.5 Å². The molecule has 1 unspecified atom stereocenters. The number of imidazole rings is 1. The van der Waals surface area contributed by atoms with Crippen molar-refractivity contribution in [2.75, 3.05) is 20.8 Å². The van der Waals surface area contributed by atoms with Crippen molar-refractivity contribution in [2.45, 2.75) is 31.3 Å². The lowest BCUT2D eigenvalue weighted by Crippen LogP contribution is -2.49. The summed E-state index contributed by atoms with van der Waals surface area (Å²) in [5.74, 6) is 0.562. The number of hydrogen-bond acceptors (Lipinski definition) is 7. The van der Waals surface area contributed by atoms with Gasteiger partial charge in [0.15, 0.2) is 0 Å². The molecule has 1 aromatic heterocycles. The maximum Gasteiger partial charge on any atom is 0.527 e. The largest absolute Gasteiger partial charge is 0.527 e. The van der Waals surface area contributed by atoms with Gasteiger partial charge in [-0.3, -0.25) is 14.2 Å². The third-order valence-electron chi connectivity index (χ3n) is 6.12.